The first kappa shape index (κ1) is 18.1. The van der Waals surface area contributed by atoms with E-state index in [2.05, 4.69) is 10.2 Å². The Morgan fingerprint density at radius 1 is 1.04 bits per heavy atom. The molecule has 0 bridgehead atoms. The van der Waals surface area contributed by atoms with E-state index in [4.69, 9.17) is 16.3 Å². The molecule has 2 aromatic carbocycles. The summed E-state index contributed by atoms with van der Waals surface area (Å²) in [6.07, 6.45) is 0. The lowest BCUT2D eigenvalue weighted by molar-refractivity contribution is -0.118. The van der Waals surface area contributed by atoms with Crippen molar-refractivity contribution in [1.82, 2.24) is 4.31 Å². The fourth-order valence-corrected chi connectivity index (χ4v) is 5.18. The molecule has 1 amide bonds. The largest absolute Gasteiger partial charge is 0.482 e. The molecule has 2 heterocycles. The molecule has 2 aromatic rings. The third-order valence-corrected chi connectivity index (χ3v) is 7.01. The zero-order chi connectivity index (χ0) is 19.0. The van der Waals surface area contributed by atoms with Crippen molar-refractivity contribution < 1.29 is 17.9 Å². The van der Waals surface area contributed by atoms with Crippen LogP contribution in [0.25, 0.3) is 0 Å². The molecule has 2 aliphatic rings. The van der Waals surface area contributed by atoms with Gasteiger partial charge in [0.15, 0.2) is 6.61 Å². The number of benzene rings is 2. The first-order valence-corrected chi connectivity index (χ1v) is 10.3. The van der Waals surface area contributed by atoms with Gasteiger partial charge in [-0.3, -0.25) is 4.79 Å². The molecule has 1 saturated heterocycles. The van der Waals surface area contributed by atoms with E-state index in [1.807, 2.05) is 30.3 Å². The number of hydrogen-bond donors (Lipinski definition) is 1. The lowest BCUT2D eigenvalue weighted by Gasteiger charge is -2.35. The van der Waals surface area contributed by atoms with E-state index in [1.54, 1.807) is 0 Å². The van der Waals surface area contributed by atoms with Crippen LogP contribution in [0.2, 0.25) is 5.02 Å². The van der Waals surface area contributed by atoms with Crippen LogP contribution in [0.4, 0.5) is 11.4 Å². The van der Waals surface area contributed by atoms with Crippen molar-refractivity contribution >= 4 is 38.9 Å². The molecule has 7 nitrogen and oxygen atoms in total. The van der Waals surface area contributed by atoms with Crippen LogP contribution in [0, 0.1) is 0 Å². The van der Waals surface area contributed by atoms with Gasteiger partial charge in [-0.15, -0.1) is 0 Å². The Morgan fingerprint density at radius 2 is 1.74 bits per heavy atom. The van der Waals surface area contributed by atoms with E-state index in [1.165, 1.54) is 16.4 Å². The quantitative estimate of drug-likeness (QED) is 0.843. The van der Waals surface area contributed by atoms with Crippen molar-refractivity contribution in [3.8, 4) is 5.75 Å². The highest BCUT2D eigenvalue weighted by molar-refractivity contribution is 7.89. The molecule has 27 heavy (non-hydrogen) atoms. The van der Waals surface area contributed by atoms with Crippen LogP contribution in [0.5, 0.6) is 5.75 Å². The number of nitrogens with zero attached hydrogens (tertiary/aromatic N) is 2. The maximum atomic E-state index is 13.1. The zero-order valence-corrected chi connectivity index (χ0v) is 16.0. The smallest absolute Gasteiger partial charge is 0.262 e. The van der Waals surface area contributed by atoms with Crippen LogP contribution >= 0.6 is 11.6 Å². The molecule has 0 saturated carbocycles. The van der Waals surface area contributed by atoms with E-state index in [-0.39, 0.29) is 22.4 Å². The van der Waals surface area contributed by atoms with Gasteiger partial charge >= 0.3 is 0 Å². The molecule has 9 heteroatoms. The van der Waals surface area contributed by atoms with Gasteiger partial charge in [0.2, 0.25) is 10.0 Å². The van der Waals surface area contributed by atoms with Gasteiger partial charge in [-0.2, -0.15) is 4.31 Å². The van der Waals surface area contributed by atoms with Crippen molar-refractivity contribution in [3.05, 3.63) is 47.5 Å². The summed E-state index contributed by atoms with van der Waals surface area (Å²) in [6.45, 7) is 1.77. The maximum Gasteiger partial charge on any atom is 0.262 e. The number of ether oxygens (including phenoxy) is 1. The second-order valence-corrected chi connectivity index (χ2v) is 8.66. The van der Waals surface area contributed by atoms with Crippen LogP contribution in [0.15, 0.2) is 47.4 Å². The van der Waals surface area contributed by atoms with Gasteiger partial charge in [0, 0.05) is 37.9 Å². The average molecular weight is 408 g/mol. The number of hydrogen-bond acceptors (Lipinski definition) is 5. The molecular formula is C18H18ClN3O4S. The Labute approximate surface area is 162 Å². The lowest BCUT2D eigenvalue weighted by atomic mass is 10.2. The number of carbonyl (C=O) groups excluding carboxylic acids is 1. The van der Waals surface area contributed by atoms with Crippen LogP contribution in [-0.4, -0.2) is 51.4 Å². The van der Waals surface area contributed by atoms with E-state index >= 15 is 0 Å². The van der Waals surface area contributed by atoms with Gasteiger partial charge in [-0.25, -0.2) is 8.42 Å². The summed E-state index contributed by atoms with van der Waals surface area (Å²) in [5.74, 6) is 0.00621. The van der Waals surface area contributed by atoms with E-state index in [0.717, 1.165) is 5.69 Å². The SMILES string of the molecule is O=C1COc2cc(S(=O)(=O)N3CCN(c4ccccc4)CC3)c(Cl)cc2N1. The van der Waals surface area contributed by atoms with E-state index in [9.17, 15) is 13.2 Å². The number of halogens is 1. The molecule has 1 fully saturated rings. The van der Waals surface area contributed by atoms with Crippen molar-refractivity contribution in [2.75, 3.05) is 43.0 Å². The summed E-state index contributed by atoms with van der Waals surface area (Å²) >= 11 is 6.21. The summed E-state index contributed by atoms with van der Waals surface area (Å²) in [5, 5.41) is 2.68. The molecule has 0 unspecified atom stereocenters. The Hall–Kier alpha value is -2.29. The van der Waals surface area contributed by atoms with Crippen LogP contribution in [0.1, 0.15) is 0 Å². The van der Waals surface area contributed by atoms with Crippen molar-refractivity contribution in [2.24, 2.45) is 0 Å². The standard InChI is InChI=1S/C18H18ClN3O4S/c19-14-10-15-16(26-12-18(23)20-15)11-17(14)27(24,25)22-8-6-21(7-9-22)13-4-2-1-3-5-13/h1-5,10-11H,6-9,12H2,(H,20,23). The molecule has 0 radical (unpaired) electrons. The van der Waals surface area contributed by atoms with Gasteiger partial charge in [0.1, 0.15) is 10.6 Å². The van der Waals surface area contributed by atoms with Gasteiger partial charge < -0.3 is 15.0 Å². The molecule has 0 atom stereocenters. The number of sulfonamides is 1. The Balaban J connectivity index is 1.55. The monoisotopic (exact) mass is 407 g/mol. The minimum atomic E-state index is -3.76. The van der Waals surface area contributed by atoms with Gasteiger partial charge in [0.25, 0.3) is 5.91 Å². The molecule has 0 aromatic heterocycles. The highest BCUT2D eigenvalue weighted by atomic mass is 35.5. The predicted molar refractivity (Wildman–Crippen MR) is 103 cm³/mol. The number of rotatable bonds is 3. The number of amides is 1. The molecule has 2 aliphatic heterocycles. The minimum Gasteiger partial charge on any atom is -0.482 e. The summed E-state index contributed by atoms with van der Waals surface area (Å²) < 4.78 is 32.9. The fourth-order valence-electron chi connectivity index (χ4n) is 3.24. The molecule has 4 rings (SSSR count). The first-order chi connectivity index (χ1) is 12.9. The van der Waals surface area contributed by atoms with Gasteiger partial charge in [0.05, 0.1) is 10.7 Å². The number of fused-ring (bicyclic) bond motifs is 1. The van der Waals surface area contributed by atoms with E-state index in [0.29, 0.717) is 37.6 Å². The van der Waals surface area contributed by atoms with Crippen LogP contribution in [0.3, 0.4) is 0 Å². The summed E-state index contributed by atoms with van der Waals surface area (Å²) in [6, 6.07) is 12.7. The third kappa shape index (κ3) is 3.47. The van der Waals surface area contributed by atoms with Gasteiger partial charge in [-0.1, -0.05) is 29.8 Å². The lowest BCUT2D eigenvalue weighted by Crippen LogP contribution is -2.48. The topological polar surface area (TPSA) is 79.0 Å². The normalized spacial score (nSPS) is 17.8. The number of piperazine rings is 1. The summed E-state index contributed by atoms with van der Waals surface area (Å²) in [4.78, 5) is 13.5. The fraction of sp³-hybridized carbons (Fsp3) is 0.278. The average Bonchev–Trinajstić information content (AvgIpc) is 2.68. The van der Waals surface area contributed by atoms with Crippen LogP contribution in [-0.2, 0) is 14.8 Å². The number of anilines is 2. The second kappa shape index (κ2) is 7.03. The number of para-hydroxylation sites is 1. The molecule has 1 N–H and O–H groups in total. The highest BCUT2D eigenvalue weighted by Crippen LogP contribution is 2.37. The summed E-state index contributed by atoms with van der Waals surface area (Å²) in [5.41, 5.74) is 1.45. The second-order valence-electron chi connectivity index (χ2n) is 6.34. The number of carbonyl (C=O) groups is 1. The van der Waals surface area contributed by atoms with Gasteiger partial charge in [-0.05, 0) is 18.2 Å². The molecule has 0 spiro atoms. The molecular weight excluding hydrogens is 390 g/mol. The Morgan fingerprint density at radius 3 is 2.44 bits per heavy atom. The van der Waals surface area contributed by atoms with Crippen molar-refractivity contribution in [1.29, 1.82) is 0 Å². The third-order valence-electron chi connectivity index (χ3n) is 4.64. The minimum absolute atomic E-state index is 0.00720. The van der Waals surface area contributed by atoms with E-state index < -0.39 is 10.0 Å². The molecule has 142 valence electrons. The maximum absolute atomic E-state index is 13.1. The Bertz CT molecular complexity index is 974. The number of nitrogens with one attached hydrogen (secondary N) is 1. The van der Waals surface area contributed by atoms with Crippen molar-refractivity contribution in [3.63, 3.8) is 0 Å². The first-order valence-electron chi connectivity index (χ1n) is 8.51. The summed E-state index contributed by atoms with van der Waals surface area (Å²) in [7, 11) is -3.76. The Kier molecular flexibility index (Phi) is 4.71. The predicted octanol–water partition coefficient (Wildman–Crippen LogP) is 2.18. The van der Waals surface area contributed by atoms with Crippen LogP contribution < -0.4 is 15.0 Å². The molecule has 0 aliphatic carbocycles. The highest BCUT2D eigenvalue weighted by Gasteiger charge is 2.32. The zero-order valence-electron chi connectivity index (χ0n) is 14.4. The van der Waals surface area contributed by atoms with Crippen molar-refractivity contribution in [2.45, 2.75) is 4.90 Å².